The van der Waals surface area contributed by atoms with Gasteiger partial charge in [0.1, 0.15) is 5.52 Å². The first-order chi connectivity index (χ1) is 15.3. The first-order valence-electron chi connectivity index (χ1n) is 11.0. The van der Waals surface area contributed by atoms with E-state index >= 15 is 0 Å². The maximum Gasteiger partial charge on any atom is 0.253 e. The number of likely N-dealkylation sites (tertiary alicyclic amines) is 1. The monoisotopic (exact) mass is 410 g/mol. The van der Waals surface area contributed by atoms with Crippen LogP contribution < -0.4 is 0 Å². The van der Waals surface area contributed by atoms with Gasteiger partial charge in [-0.1, -0.05) is 59.8 Å². The zero-order valence-corrected chi connectivity index (χ0v) is 17.5. The van der Waals surface area contributed by atoms with Crippen LogP contribution in [0.25, 0.3) is 11.0 Å². The molecule has 0 aliphatic carbocycles. The molecule has 3 aromatic carbocycles. The van der Waals surface area contributed by atoms with Crippen LogP contribution in [0.3, 0.4) is 0 Å². The molecular formula is C26H26N4O. The molecule has 0 atom stereocenters. The normalized spacial score (nSPS) is 14.8. The molecule has 2 heterocycles. The Morgan fingerprint density at radius 1 is 0.839 bits per heavy atom. The van der Waals surface area contributed by atoms with E-state index in [0.717, 1.165) is 54.5 Å². The fourth-order valence-corrected chi connectivity index (χ4v) is 4.43. The Morgan fingerprint density at radius 2 is 1.55 bits per heavy atom. The lowest BCUT2D eigenvalue weighted by Crippen LogP contribution is -2.38. The zero-order valence-electron chi connectivity index (χ0n) is 17.5. The van der Waals surface area contributed by atoms with E-state index in [2.05, 4.69) is 40.6 Å². The van der Waals surface area contributed by atoms with Gasteiger partial charge in [-0.15, -0.1) is 5.10 Å². The van der Waals surface area contributed by atoms with Gasteiger partial charge in [0.05, 0.1) is 12.1 Å². The van der Waals surface area contributed by atoms with Crippen LogP contribution in [0.2, 0.25) is 0 Å². The molecule has 0 spiro atoms. The molecule has 156 valence electrons. The van der Waals surface area contributed by atoms with Crippen LogP contribution in [0.15, 0.2) is 78.9 Å². The minimum atomic E-state index is 0.135. The van der Waals surface area contributed by atoms with Crippen molar-refractivity contribution < 1.29 is 4.79 Å². The molecular weight excluding hydrogens is 384 g/mol. The molecule has 1 saturated heterocycles. The lowest BCUT2D eigenvalue weighted by atomic mass is 9.90. The Hall–Kier alpha value is -3.47. The Bertz CT molecular complexity index is 1160. The lowest BCUT2D eigenvalue weighted by Gasteiger charge is -2.32. The van der Waals surface area contributed by atoms with Crippen molar-refractivity contribution in [2.75, 3.05) is 13.1 Å². The van der Waals surface area contributed by atoms with Gasteiger partial charge in [0.2, 0.25) is 0 Å². The highest BCUT2D eigenvalue weighted by Gasteiger charge is 2.23. The maximum atomic E-state index is 13.0. The van der Waals surface area contributed by atoms with Crippen molar-refractivity contribution in [1.82, 2.24) is 19.9 Å². The van der Waals surface area contributed by atoms with Crippen molar-refractivity contribution in [2.45, 2.75) is 25.8 Å². The molecule has 1 fully saturated rings. The molecule has 0 bridgehead atoms. The summed E-state index contributed by atoms with van der Waals surface area (Å²) in [7, 11) is 0. The van der Waals surface area contributed by atoms with Gasteiger partial charge in [-0.25, -0.2) is 4.68 Å². The van der Waals surface area contributed by atoms with Gasteiger partial charge < -0.3 is 4.90 Å². The van der Waals surface area contributed by atoms with Gasteiger partial charge in [-0.05, 0) is 60.6 Å². The highest BCUT2D eigenvalue weighted by molar-refractivity contribution is 5.94. The van der Waals surface area contributed by atoms with Crippen molar-refractivity contribution in [1.29, 1.82) is 0 Å². The summed E-state index contributed by atoms with van der Waals surface area (Å²) >= 11 is 0. The molecule has 1 aromatic heterocycles. The van der Waals surface area contributed by atoms with Crippen LogP contribution in [0.5, 0.6) is 0 Å². The SMILES string of the molecule is O=C(c1ccc(Cn2nnc3ccccc32)cc1)N1CCC(Cc2ccccc2)CC1. The highest BCUT2D eigenvalue weighted by atomic mass is 16.2. The first-order valence-corrected chi connectivity index (χ1v) is 11.0. The fourth-order valence-electron chi connectivity index (χ4n) is 4.43. The highest BCUT2D eigenvalue weighted by Crippen LogP contribution is 2.23. The molecule has 5 nitrogen and oxygen atoms in total. The van der Waals surface area contributed by atoms with E-state index in [9.17, 15) is 4.79 Å². The largest absolute Gasteiger partial charge is 0.339 e. The third-order valence-corrected chi connectivity index (χ3v) is 6.22. The predicted molar refractivity (Wildman–Crippen MR) is 122 cm³/mol. The van der Waals surface area contributed by atoms with Gasteiger partial charge in [0.25, 0.3) is 5.91 Å². The molecule has 4 aromatic rings. The second-order valence-corrected chi connectivity index (χ2v) is 8.36. The average Bonchev–Trinajstić information content (AvgIpc) is 3.23. The summed E-state index contributed by atoms with van der Waals surface area (Å²) < 4.78 is 1.89. The number of aromatic nitrogens is 3. The summed E-state index contributed by atoms with van der Waals surface area (Å²) in [5.41, 5.74) is 5.16. The number of para-hydroxylation sites is 1. The summed E-state index contributed by atoms with van der Waals surface area (Å²) in [5, 5.41) is 8.46. The average molecular weight is 411 g/mol. The molecule has 5 rings (SSSR count). The molecule has 1 aliphatic heterocycles. The van der Waals surface area contributed by atoms with Crippen LogP contribution in [-0.2, 0) is 13.0 Å². The van der Waals surface area contributed by atoms with Gasteiger partial charge in [0, 0.05) is 18.7 Å². The van der Waals surface area contributed by atoms with E-state index in [1.807, 2.05) is 58.1 Å². The van der Waals surface area contributed by atoms with Gasteiger partial charge in [-0.2, -0.15) is 0 Å². The second kappa shape index (κ2) is 8.72. The van der Waals surface area contributed by atoms with E-state index < -0.39 is 0 Å². The van der Waals surface area contributed by atoms with Crippen molar-refractivity contribution in [3.05, 3.63) is 95.6 Å². The van der Waals surface area contributed by atoms with Crippen LogP contribution in [0.4, 0.5) is 0 Å². The topological polar surface area (TPSA) is 51.0 Å². The molecule has 5 heteroatoms. The summed E-state index contributed by atoms with van der Waals surface area (Å²) in [6, 6.07) is 26.5. The smallest absolute Gasteiger partial charge is 0.253 e. The Balaban J connectivity index is 1.19. The Morgan fingerprint density at radius 3 is 2.32 bits per heavy atom. The second-order valence-electron chi connectivity index (χ2n) is 8.36. The van der Waals surface area contributed by atoms with Gasteiger partial charge in [0.15, 0.2) is 0 Å². The van der Waals surface area contributed by atoms with Crippen molar-refractivity contribution in [2.24, 2.45) is 5.92 Å². The van der Waals surface area contributed by atoms with Crippen LogP contribution in [0, 0.1) is 5.92 Å². The van der Waals surface area contributed by atoms with Crippen LogP contribution >= 0.6 is 0 Å². The number of hydrogen-bond donors (Lipinski definition) is 0. The summed E-state index contributed by atoms with van der Waals surface area (Å²) in [5.74, 6) is 0.794. The Labute approximate surface area is 182 Å². The van der Waals surface area contributed by atoms with E-state index in [1.165, 1.54) is 5.56 Å². The molecule has 0 unspecified atom stereocenters. The third kappa shape index (κ3) is 4.36. The van der Waals surface area contributed by atoms with Gasteiger partial charge >= 0.3 is 0 Å². The van der Waals surface area contributed by atoms with E-state index in [0.29, 0.717) is 12.5 Å². The van der Waals surface area contributed by atoms with Crippen LogP contribution in [0.1, 0.15) is 34.3 Å². The zero-order chi connectivity index (χ0) is 21.0. The number of nitrogens with zero attached hydrogens (tertiary/aromatic N) is 4. The van der Waals surface area contributed by atoms with Crippen molar-refractivity contribution >= 4 is 16.9 Å². The van der Waals surface area contributed by atoms with E-state index in [4.69, 9.17) is 0 Å². The number of rotatable bonds is 5. The summed E-state index contributed by atoms with van der Waals surface area (Å²) in [4.78, 5) is 15.0. The standard InChI is InChI=1S/C26H26N4O/c31-26(29-16-14-21(15-17-29)18-20-6-2-1-3-7-20)23-12-10-22(11-13-23)19-30-25-9-5-4-8-24(25)27-28-30/h1-13,21H,14-19H2. The minimum absolute atomic E-state index is 0.135. The third-order valence-electron chi connectivity index (χ3n) is 6.22. The minimum Gasteiger partial charge on any atom is -0.339 e. The quantitative estimate of drug-likeness (QED) is 0.484. The molecule has 31 heavy (non-hydrogen) atoms. The number of piperidine rings is 1. The number of carbonyl (C=O) groups is 1. The van der Waals surface area contributed by atoms with Crippen LogP contribution in [-0.4, -0.2) is 38.9 Å². The summed E-state index contributed by atoms with van der Waals surface area (Å²) in [6.45, 7) is 2.31. The molecule has 1 aliphatic rings. The fraction of sp³-hybridized carbons (Fsp3) is 0.269. The first kappa shape index (κ1) is 19.5. The van der Waals surface area contributed by atoms with E-state index in [-0.39, 0.29) is 5.91 Å². The number of carbonyl (C=O) groups excluding carboxylic acids is 1. The molecule has 0 N–H and O–H groups in total. The molecule has 1 amide bonds. The Kier molecular flexibility index (Phi) is 5.48. The van der Waals surface area contributed by atoms with Crippen molar-refractivity contribution in [3.63, 3.8) is 0 Å². The maximum absolute atomic E-state index is 13.0. The summed E-state index contributed by atoms with van der Waals surface area (Å²) in [6.07, 6.45) is 3.24. The predicted octanol–water partition coefficient (Wildman–Crippen LogP) is 4.57. The molecule has 0 radical (unpaired) electrons. The van der Waals surface area contributed by atoms with E-state index in [1.54, 1.807) is 0 Å². The van der Waals surface area contributed by atoms with Gasteiger partial charge in [-0.3, -0.25) is 4.79 Å². The lowest BCUT2D eigenvalue weighted by molar-refractivity contribution is 0.0690. The number of fused-ring (bicyclic) bond motifs is 1. The number of hydrogen-bond acceptors (Lipinski definition) is 3. The number of amides is 1. The van der Waals surface area contributed by atoms with Crippen molar-refractivity contribution in [3.8, 4) is 0 Å². The number of benzene rings is 3. The molecule has 0 saturated carbocycles.